The third-order valence-corrected chi connectivity index (χ3v) is 3.14. The van der Waals surface area contributed by atoms with Crippen LogP contribution in [0.1, 0.15) is 40.0 Å². The summed E-state index contributed by atoms with van der Waals surface area (Å²) in [6.07, 6.45) is 1.92. The van der Waals surface area contributed by atoms with E-state index >= 15 is 0 Å². The van der Waals surface area contributed by atoms with Crippen molar-refractivity contribution in [2.24, 2.45) is 0 Å². The zero-order chi connectivity index (χ0) is 13.0. The Morgan fingerprint density at radius 1 is 1.47 bits per heavy atom. The third-order valence-electron chi connectivity index (χ3n) is 3.14. The van der Waals surface area contributed by atoms with Crippen LogP contribution in [0.25, 0.3) is 0 Å². The maximum absolute atomic E-state index is 12.1. The van der Waals surface area contributed by atoms with E-state index in [4.69, 9.17) is 0 Å². The predicted molar refractivity (Wildman–Crippen MR) is 67.4 cm³/mol. The second-order valence-corrected chi connectivity index (χ2v) is 4.67. The Balaban J connectivity index is 2.67. The van der Waals surface area contributed by atoms with Crippen LogP contribution in [0.2, 0.25) is 0 Å². The molecule has 96 valence electrons. The lowest BCUT2D eigenvalue weighted by Gasteiger charge is -2.24. The molecule has 0 aromatic heterocycles. The number of carbonyl (C=O) groups excluding carboxylic acids is 2. The van der Waals surface area contributed by atoms with Gasteiger partial charge in [0, 0.05) is 12.6 Å². The van der Waals surface area contributed by atoms with E-state index < -0.39 is 0 Å². The second kappa shape index (κ2) is 5.96. The summed E-state index contributed by atoms with van der Waals surface area (Å²) in [7, 11) is 0. The third kappa shape index (κ3) is 3.16. The molecule has 0 radical (unpaired) electrons. The van der Waals surface area contributed by atoms with E-state index in [1.54, 1.807) is 0 Å². The Morgan fingerprint density at radius 3 is 2.53 bits per heavy atom. The Morgan fingerprint density at radius 2 is 2.06 bits per heavy atom. The largest absolute Gasteiger partial charge is 0.302 e. The summed E-state index contributed by atoms with van der Waals surface area (Å²) < 4.78 is 0. The van der Waals surface area contributed by atoms with Gasteiger partial charge >= 0.3 is 0 Å². The minimum Gasteiger partial charge on any atom is -0.302 e. The average molecular weight is 238 g/mol. The molecule has 0 aromatic carbocycles. The van der Waals surface area contributed by atoms with Crippen LogP contribution < -0.4 is 5.32 Å². The molecule has 0 aromatic rings. The van der Waals surface area contributed by atoms with Crippen LogP contribution in [0.15, 0.2) is 12.2 Å². The van der Waals surface area contributed by atoms with Crippen LogP contribution in [0.5, 0.6) is 0 Å². The summed E-state index contributed by atoms with van der Waals surface area (Å²) in [5, 5.41) is 3.08. The van der Waals surface area contributed by atoms with E-state index in [0.29, 0.717) is 6.54 Å². The second-order valence-electron chi connectivity index (χ2n) is 4.67. The summed E-state index contributed by atoms with van der Waals surface area (Å²) in [4.78, 5) is 25.4. The maximum Gasteiger partial charge on any atom is 0.247 e. The minimum absolute atomic E-state index is 0.0478. The molecule has 1 rings (SSSR count). The fourth-order valence-electron chi connectivity index (χ4n) is 2.15. The Kier molecular flexibility index (Phi) is 4.87. The van der Waals surface area contributed by atoms with Crippen LogP contribution in [0.3, 0.4) is 0 Å². The molecule has 1 fully saturated rings. The SMILES string of the molecule is C=C(C)CNC1CC(=O)N(C(CC)CC)C1=O. The summed E-state index contributed by atoms with van der Waals surface area (Å²) in [6.45, 7) is 10.3. The molecule has 1 aliphatic heterocycles. The average Bonchev–Trinajstić information content (AvgIpc) is 2.55. The smallest absolute Gasteiger partial charge is 0.247 e. The Bertz CT molecular complexity index is 321. The van der Waals surface area contributed by atoms with Crippen LogP contribution >= 0.6 is 0 Å². The molecule has 0 aliphatic carbocycles. The van der Waals surface area contributed by atoms with Crippen LogP contribution in [-0.2, 0) is 9.59 Å². The number of imide groups is 1. The van der Waals surface area contributed by atoms with Crippen molar-refractivity contribution in [3.63, 3.8) is 0 Å². The topological polar surface area (TPSA) is 49.4 Å². The van der Waals surface area contributed by atoms with Gasteiger partial charge in [0.25, 0.3) is 0 Å². The molecule has 0 spiro atoms. The normalized spacial score (nSPS) is 20.5. The van der Waals surface area contributed by atoms with Gasteiger partial charge in [-0.05, 0) is 19.8 Å². The molecule has 1 saturated heterocycles. The number of amides is 2. The summed E-state index contributed by atoms with van der Waals surface area (Å²) in [5.41, 5.74) is 0.964. The van der Waals surface area contributed by atoms with E-state index in [1.165, 1.54) is 4.90 Å². The number of hydrogen-bond acceptors (Lipinski definition) is 3. The van der Waals surface area contributed by atoms with Crippen molar-refractivity contribution in [2.75, 3.05) is 6.54 Å². The quantitative estimate of drug-likeness (QED) is 0.563. The summed E-state index contributed by atoms with van der Waals surface area (Å²) in [6, 6.07) is -0.313. The lowest BCUT2D eigenvalue weighted by molar-refractivity contribution is -0.141. The molecule has 17 heavy (non-hydrogen) atoms. The van der Waals surface area contributed by atoms with Crippen molar-refractivity contribution in [1.29, 1.82) is 0 Å². The number of rotatable bonds is 6. The maximum atomic E-state index is 12.1. The van der Waals surface area contributed by atoms with Crippen LogP contribution in [0.4, 0.5) is 0 Å². The fourth-order valence-corrected chi connectivity index (χ4v) is 2.15. The van der Waals surface area contributed by atoms with E-state index in [2.05, 4.69) is 11.9 Å². The van der Waals surface area contributed by atoms with Gasteiger partial charge in [-0.15, -0.1) is 0 Å². The first kappa shape index (κ1) is 13.9. The van der Waals surface area contributed by atoms with Crippen LogP contribution in [0, 0.1) is 0 Å². The van der Waals surface area contributed by atoms with Crippen LogP contribution in [-0.4, -0.2) is 35.3 Å². The highest BCUT2D eigenvalue weighted by molar-refractivity contribution is 6.05. The molecular weight excluding hydrogens is 216 g/mol. The van der Waals surface area contributed by atoms with Gasteiger partial charge in [-0.25, -0.2) is 0 Å². The van der Waals surface area contributed by atoms with Gasteiger partial charge in [0.1, 0.15) is 0 Å². The first-order valence-electron chi connectivity index (χ1n) is 6.24. The first-order valence-corrected chi connectivity index (χ1v) is 6.24. The number of carbonyl (C=O) groups is 2. The van der Waals surface area contributed by atoms with E-state index in [1.807, 2.05) is 20.8 Å². The van der Waals surface area contributed by atoms with E-state index in [9.17, 15) is 9.59 Å². The van der Waals surface area contributed by atoms with Gasteiger partial charge in [0.05, 0.1) is 12.5 Å². The number of nitrogens with one attached hydrogen (secondary N) is 1. The molecule has 4 nitrogen and oxygen atoms in total. The number of likely N-dealkylation sites (tertiary alicyclic amines) is 1. The number of hydrogen-bond donors (Lipinski definition) is 1. The highest BCUT2D eigenvalue weighted by atomic mass is 16.2. The standard InChI is InChI=1S/C13H22N2O2/c1-5-10(6-2)15-12(16)7-11(13(15)17)14-8-9(3)4/h10-11,14H,3,5-8H2,1-2,4H3. The fraction of sp³-hybridized carbons (Fsp3) is 0.692. The molecule has 2 amide bonds. The molecule has 0 saturated carbocycles. The zero-order valence-electron chi connectivity index (χ0n) is 11.0. The van der Waals surface area contributed by atoms with Crippen molar-refractivity contribution in [3.05, 3.63) is 12.2 Å². The summed E-state index contributed by atoms with van der Waals surface area (Å²) in [5.74, 6) is -0.132. The molecule has 1 heterocycles. The molecule has 0 bridgehead atoms. The molecule has 4 heteroatoms. The van der Waals surface area contributed by atoms with E-state index in [0.717, 1.165) is 18.4 Å². The molecule has 1 N–H and O–H groups in total. The minimum atomic E-state index is -0.361. The number of nitrogens with zero attached hydrogens (tertiary/aromatic N) is 1. The van der Waals surface area contributed by atoms with Crippen molar-refractivity contribution in [3.8, 4) is 0 Å². The summed E-state index contributed by atoms with van der Waals surface area (Å²) >= 11 is 0. The molecular formula is C13H22N2O2. The van der Waals surface area contributed by atoms with Gasteiger partial charge in [-0.1, -0.05) is 26.0 Å². The predicted octanol–water partition coefficient (Wildman–Crippen LogP) is 1.47. The monoisotopic (exact) mass is 238 g/mol. The highest BCUT2D eigenvalue weighted by Gasteiger charge is 2.40. The molecule has 1 atom stereocenters. The van der Waals surface area contributed by atoms with Gasteiger partial charge in [0.15, 0.2) is 0 Å². The lowest BCUT2D eigenvalue weighted by atomic mass is 10.1. The molecule has 1 unspecified atom stereocenters. The van der Waals surface area contributed by atoms with Crippen molar-refractivity contribution < 1.29 is 9.59 Å². The van der Waals surface area contributed by atoms with Crippen molar-refractivity contribution >= 4 is 11.8 Å². The van der Waals surface area contributed by atoms with Gasteiger partial charge < -0.3 is 5.32 Å². The van der Waals surface area contributed by atoms with Gasteiger partial charge in [0.2, 0.25) is 11.8 Å². The van der Waals surface area contributed by atoms with Crippen molar-refractivity contribution in [1.82, 2.24) is 10.2 Å². The highest BCUT2D eigenvalue weighted by Crippen LogP contribution is 2.20. The molecule has 1 aliphatic rings. The van der Waals surface area contributed by atoms with Crippen molar-refractivity contribution in [2.45, 2.75) is 52.1 Å². The zero-order valence-corrected chi connectivity index (χ0v) is 11.0. The Hall–Kier alpha value is -1.16. The Labute approximate surface area is 103 Å². The lowest BCUT2D eigenvalue weighted by Crippen LogP contribution is -2.43. The first-order chi connectivity index (χ1) is 8.01. The van der Waals surface area contributed by atoms with Gasteiger partial charge in [-0.3, -0.25) is 14.5 Å². The van der Waals surface area contributed by atoms with E-state index in [-0.39, 0.29) is 30.3 Å². The van der Waals surface area contributed by atoms with Gasteiger partial charge in [-0.2, -0.15) is 0 Å².